The Morgan fingerprint density at radius 1 is 1.23 bits per heavy atom. The van der Waals surface area contributed by atoms with Crippen molar-refractivity contribution in [3.8, 4) is 0 Å². The third-order valence-corrected chi connectivity index (χ3v) is 2.16. The molecule has 2 unspecified atom stereocenters. The van der Waals surface area contributed by atoms with E-state index < -0.39 is 0 Å². The van der Waals surface area contributed by atoms with Crippen molar-refractivity contribution in [2.45, 2.75) is 32.2 Å². The van der Waals surface area contributed by atoms with E-state index in [1.54, 1.807) is 0 Å². The quantitative estimate of drug-likeness (QED) is 0.762. The minimum absolute atomic E-state index is 0.184. The van der Waals surface area contributed by atoms with Gasteiger partial charge in [0.15, 0.2) is 0 Å². The van der Waals surface area contributed by atoms with Crippen LogP contribution in [-0.4, -0.2) is 6.04 Å². The fraction of sp³-hybridized carbons (Fsp3) is 0.455. The summed E-state index contributed by atoms with van der Waals surface area (Å²) in [5, 5.41) is 0. The molecule has 2 atom stereocenters. The Morgan fingerprint density at radius 3 is 2.23 bits per heavy atom. The van der Waals surface area contributed by atoms with E-state index in [9.17, 15) is 4.39 Å². The van der Waals surface area contributed by atoms with Crippen LogP contribution in [0.4, 0.5) is 4.39 Å². The van der Waals surface area contributed by atoms with Crippen molar-refractivity contribution >= 4 is 0 Å². The van der Waals surface area contributed by atoms with Crippen molar-refractivity contribution in [3.63, 3.8) is 0 Å². The van der Waals surface area contributed by atoms with Crippen LogP contribution in [0.1, 0.15) is 31.7 Å². The maximum atomic E-state index is 12.6. The zero-order chi connectivity index (χ0) is 9.84. The van der Waals surface area contributed by atoms with Gasteiger partial charge in [0.05, 0.1) is 0 Å². The Balaban J connectivity index is 2.66. The second kappa shape index (κ2) is 4.38. The molecule has 0 amide bonds. The Labute approximate surface area is 78.8 Å². The first-order valence-corrected chi connectivity index (χ1v) is 4.60. The molecule has 0 bridgehead atoms. The van der Waals surface area contributed by atoms with E-state index in [-0.39, 0.29) is 11.9 Å². The predicted molar refractivity (Wildman–Crippen MR) is 53.1 cm³/mol. The van der Waals surface area contributed by atoms with Crippen LogP contribution < -0.4 is 5.73 Å². The first-order valence-electron chi connectivity index (χ1n) is 4.60. The van der Waals surface area contributed by atoms with E-state index in [1.807, 2.05) is 19.1 Å². The van der Waals surface area contributed by atoms with Gasteiger partial charge in [-0.25, -0.2) is 4.39 Å². The fourth-order valence-corrected chi connectivity index (χ4v) is 1.49. The molecule has 0 saturated heterocycles. The molecule has 0 aliphatic carbocycles. The van der Waals surface area contributed by atoms with Gasteiger partial charge in [-0.1, -0.05) is 19.1 Å². The van der Waals surface area contributed by atoms with E-state index in [4.69, 9.17) is 5.73 Å². The molecule has 13 heavy (non-hydrogen) atoms. The van der Waals surface area contributed by atoms with Crippen LogP contribution in [-0.2, 0) is 0 Å². The third-order valence-electron chi connectivity index (χ3n) is 2.16. The lowest BCUT2D eigenvalue weighted by atomic mass is 9.95. The Morgan fingerprint density at radius 2 is 1.77 bits per heavy atom. The van der Waals surface area contributed by atoms with Crippen LogP contribution in [0.2, 0.25) is 0 Å². The van der Waals surface area contributed by atoms with E-state index in [1.165, 1.54) is 12.1 Å². The van der Waals surface area contributed by atoms with Crippen molar-refractivity contribution in [1.29, 1.82) is 0 Å². The average Bonchev–Trinajstić information content (AvgIpc) is 2.04. The first-order chi connectivity index (χ1) is 6.09. The fourth-order valence-electron chi connectivity index (χ4n) is 1.49. The molecule has 0 saturated carbocycles. The van der Waals surface area contributed by atoms with Gasteiger partial charge in [0.2, 0.25) is 0 Å². The molecule has 0 aliphatic heterocycles. The smallest absolute Gasteiger partial charge is 0.123 e. The summed E-state index contributed by atoms with van der Waals surface area (Å²) in [5.74, 6) is 0.220. The second-order valence-electron chi connectivity index (χ2n) is 3.67. The Hall–Kier alpha value is -0.890. The summed E-state index contributed by atoms with van der Waals surface area (Å²) in [6.45, 7) is 4.09. The van der Waals surface area contributed by atoms with Gasteiger partial charge in [-0.15, -0.1) is 0 Å². The molecule has 1 aromatic rings. The maximum absolute atomic E-state index is 12.6. The zero-order valence-corrected chi connectivity index (χ0v) is 8.13. The lowest BCUT2D eigenvalue weighted by molar-refractivity contribution is 0.582. The summed E-state index contributed by atoms with van der Waals surface area (Å²) in [5.41, 5.74) is 6.84. The Kier molecular flexibility index (Phi) is 3.43. The van der Waals surface area contributed by atoms with Crippen LogP contribution in [0.25, 0.3) is 0 Å². The van der Waals surface area contributed by atoms with Crippen LogP contribution in [0.5, 0.6) is 0 Å². The monoisotopic (exact) mass is 181 g/mol. The van der Waals surface area contributed by atoms with E-state index in [0.717, 1.165) is 12.0 Å². The predicted octanol–water partition coefficient (Wildman–Crippen LogP) is 2.67. The highest BCUT2D eigenvalue weighted by Gasteiger charge is 2.07. The molecule has 0 fully saturated rings. The van der Waals surface area contributed by atoms with Crippen LogP contribution in [0.3, 0.4) is 0 Å². The summed E-state index contributed by atoms with van der Waals surface area (Å²) >= 11 is 0. The molecular formula is C11H16FN. The molecule has 0 spiro atoms. The summed E-state index contributed by atoms with van der Waals surface area (Å²) in [6, 6.07) is 6.82. The second-order valence-corrected chi connectivity index (χ2v) is 3.67. The SMILES string of the molecule is CC(N)CC(C)c1ccc(F)cc1. The molecule has 1 nitrogen and oxygen atoms in total. The maximum Gasteiger partial charge on any atom is 0.123 e. The van der Waals surface area contributed by atoms with E-state index in [0.29, 0.717) is 5.92 Å². The third kappa shape index (κ3) is 3.15. The highest BCUT2D eigenvalue weighted by atomic mass is 19.1. The van der Waals surface area contributed by atoms with E-state index >= 15 is 0 Å². The standard InChI is InChI=1S/C11H16FN/c1-8(7-9(2)13)10-3-5-11(12)6-4-10/h3-6,8-9H,7,13H2,1-2H3. The van der Waals surface area contributed by atoms with Crippen molar-refractivity contribution in [1.82, 2.24) is 0 Å². The zero-order valence-electron chi connectivity index (χ0n) is 8.13. The summed E-state index contributed by atoms with van der Waals surface area (Å²) in [4.78, 5) is 0. The number of hydrogen-bond donors (Lipinski definition) is 1. The molecule has 2 N–H and O–H groups in total. The normalized spacial score (nSPS) is 15.4. The molecule has 0 aromatic heterocycles. The van der Waals surface area contributed by atoms with Gasteiger partial charge in [-0.3, -0.25) is 0 Å². The van der Waals surface area contributed by atoms with Gasteiger partial charge in [0.1, 0.15) is 5.82 Å². The summed E-state index contributed by atoms with van der Waals surface area (Å²) in [6.07, 6.45) is 0.936. The Bertz CT molecular complexity index is 253. The van der Waals surface area contributed by atoms with Gasteiger partial charge >= 0.3 is 0 Å². The van der Waals surface area contributed by atoms with Crippen molar-refractivity contribution in [2.24, 2.45) is 5.73 Å². The largest absolute Gasteiger partial charge is 0.328 e. The molecular weight excluding hydrogens is 165 g/mol. The van der Waals surface area contributed by atoms with Gasteiger partial charge in [-0.2, -0.15) is 0 Å². The minimum atomic E-state index is -0.184. The van der Waals surface area contributed by atoms with Crippen LogP contribution >= 0.6 is 0 Å². The topological polar surface area (TPSA) is 26.0 Å². The highest BCUT2D eigenvalue weighted by molar-refractivity contribution is 5.19. The van der Waals surface area contributed by atoms with Gasteiger partial charge in [0, 0.05) is 6.04 Å². The van der Waals surface area contributed by atoms with E-state index in [2.05, 4.69) is 6.92 Å². The number of rotatable bonds is 3. The number of hydrogen-bond acceptors (Lipinski definition) is 1. The number of benzene rings is 1. The number of halogens is 1. The van der Waals surface area contributed by atoms with Crippen LogP contribution in [0.15, 0.2) is 24.3 Å². The average molecular weight is 181 g/mol. The molecule has 0 radical (unpaired) electrons. The minimum Gasteiger partial charge on any atom is -0.328 e. The van der Waals surface area contributed by atoms with Gasteiger partial charge in [0.25, 0.3) is 0 Å². The van der Waals surface area contributed by atoms with Crippen molar-refractivity contribution < 1.29 is 4.39 Å². The summed E-state index contributed by atoms with van der Waals surface area (Å²) < 4.78 is 12.6. The number of nitrogens with two attached hydrogens (primary N) is 1. The molecule has 1 rings (SSSR count). The highest BCUT2D eigenvalue weighted by Crippen LogP contribution is 2.19. The first kappa shape index (κ1) is 10.2. The molecule has 0 heterocycles. The molecule has 1 aromatic carbocycles. The van der Waals surface area contributed by atoms with Crippen molar-refractivity contribution in [2.75, 3.05) is 0 Å². The molecule has 0 aliphatic rings. The lowest BCUT2D eigenvalue weighted by Gasteiger charge is -2.13. The molecule has 2 heteroatoms. The van der Waals surface area contributed by atoms with Crippen molar-refractivity contribution in [3.05, 3.63) is 35.6 Å². The molecule has 72 valence electrons. The van der Waals surface area contributed by atoms with Crippen LogP contribution in [0, 0.1) is 5.82 Å². The summed E-state index contributed by atoms with van der Waals surface area (Å²) in [7, 11) is 0. The van der Waals surface area contributed by atoms with Gasteiger partial charge < -0.3 is 5.73 Å². The lowest BCUT2D eigenvalue weighted by Crippen LogP contribution is -2.17. The van der Waals surface area contributed by atoms with Gasteiger partial charge in [-0.05, 0) is 37.0 Å².